The highest BCUT2D eigenvalue weighted by Gasteiger charge is 2.14. The van der Waals surface area contributed by atoms with E-state index in [9.17, 15) is 4.79 Å². The van der Waals surface area contributed by atoms with Crippen molar-refractivity contribution < 1.29 is 4.79 Å². The third-order valence-electron chi connectivity index (χ3n) is 4.32. The lowest BCUT2D eigenvalue weighted by Gasteiger charge is -2.15. The van der Waals surface area contributed by atoms with Crippen LogP contribution in [-0.4, -0.2) is 25.5 Å². The molecule has 3 aromatic rings. The molecule has 6 nitrogen and oxygen atoms in total. The number of nitrogens with zero attached hydrogens (tertiary/aromatic N) is 4. The number of nitrogens with one attached hydrogen (secondary N) is 1. The second kappa shape index (κ2) is 7.19. The van der Waals surface area contributed by atoms with Crippen LogP contribution in [0.4, 0.5) is 0 Å². The number of fused-ring (bicyclic) bond motifs is 1. The zero-order valence-corrected chi connectivity index (χ0v) is 15.2. The van der Waals surface area contributed by atoms with Gasteiger partial charge in [-0.2, -0.15) is 10.1 Å². The Bertz CT molecular complexity index is 921. The number of carbonyl (C=O) groups is 1. The monoisotopic (exact) mass is 357 g/mol. The number of hydrogen-bond acceptors (Lipinski definition) is 4. The molecule has 25 heavy (non-hydrogen) atoms. The lowest BCUT2D eigenvalue weighted by atomic mass is 10.1. The van der Waals surface area contributed by atoms with Gasteiger partial charge in [-0.15, -0.1) is 0 Å². The molecule has 0 bridgehead atoms. The van der Waals surface area contributed by atoms with Crippen LogP contribution in [0.5, 0.6) is 0 Å². The summed E-state index contributed by atoms with van der Waals surface area (Å²) in [6.45, 7) is 5.85. The molecule has 0 spiro atoms. The summed E-state index contributed by atoms with van der Waals surface area (Å²) in [5.41, 5.74) is 3.87. The first kappa shape index (κ1) is 17.4. The lowest BCUT2D eigenvalue weighted by Crippen LogP contribution is -2.27. The van der Waals surface area contributed by atoms with Gasteiger partial charge in [-0.1, -0.05) is 23.7 Å². The number of hydrogen-bond donors (Lipinski definition) is 1. The fourth-order valence-corrected chi connectivity index (χ4v) is 3.13. The Labute approximate surface area is 151 Å². The molecule has 2 aromatic heterocycles. The topological polar surface area (TPSA) is 72.2 Å². The second-order valence-corrected chi connectivity index (χ2v) is 6.51. The molecule has 0 saturated heterocycles. The van der Waals surface area contributed by atoms with Gasteiger partial charge in [0.2, 0.25) is 5.91 Å². The number of amides is 1. The van der Waals surface area contributed by atoms with Crippen LogP contribution in [0, 0.1) is 13.8 Å². The van der Waals surface area contributed by atoms with Crippen LogP contribution in [0.3, 0.4) is 0 Å². The van der Waals surface area contributed by atoms with Gasteiger partial charge in [-0.25, -0.2) is 9.50 Å². The summed E-state index contributed by atoms with van der Waals surface area (Å²) in [6.07, 6.45) is 2.47. The van der Waals surface area contributed by atoms with E-state index >= 15 is 0 Å². The molecule has 1 N–H and O–H groups in total. The minimum absolute atomic E-state index is 0.00929. The van der Waals surface area contributed by atoms with E-state index < -0.39 is 0 Å². The maximum atomic E-state index is 12.3. The van der Waals surface area contributed by atoms with E-state index in [-0.39, 0.29) is 11.9 Å². The molecule has 0 unspecified atom stereocenters. The van der Waals surface area contributed by atoms with E-state index in [4.69, 9.17) is 11.6 Å². The van der Waals surface area contributed by atoms with Gasteiger partial charge in [-0.3, -0.25) is 4.79 Å². The average Bonchev–Trinajstić information content (AvgIpc) is 3.03. The van der Waals surface area contributed by atoms with Crippen molar-refractivity contribution in [3.8, 4) is 0 Å². The van der Waals surface area contributed by atoms with Gasteiger partial charge in [-0.05, 0) is 50.5 Å². The summed E-state index contributed by atoms with van der Waals surface area (Å²) < 4.78 is 1.70. The van der Waals surface area contributed by atoms with Gasteiger partial charge in [0.1, 0.15) is 6.33 Å². The molecule has 1 aromatic carbocycles. The van der Waals surface area contributed by atoms with Crippen molar-refractivity contribution in [1.29, 1.82) is 0 Å². The van der Waals surface area contributed by atoms with Crippen molar-refractivity contribution in [2.24, 2.45) is 0 Å². The van der Waals surface area contributed by atoms with Crippen LogP contribution in [0.1, 0.15) is 41.9 Å². The Kier molecular flexibility index (Phi) is 4.99. The molecular formula is C18H20ClN5O. The highest BCUT2D eigenvalue weighted by Crippen LogP contribution is 2.18. The van der Waals surface area contributed by atoms with E-state index in [2.05, 4.69) is 20.4 Å². The fraction of sp³-hybridized carbons (Fsp3) is 0.333. The summed E-state index contributed by atoms with van der Waals surface area (Å²) in [4.78, 5) is 20.9. The van der Waals surface area contributed by atoms with Gasteiger partial charge in [0.25, 0.3) is 5.78 Å². The first-order valence-electron chi connectivity index (χ1n) is 8.16. The highest BCUT2D eigenvalue weighted by atomic mass is 35.5. The third kappa shape index (κ3) is 3.79. The smallest absolute Gasteiger partial charge is 0.252 e. The zero-order chi connectivity index (χ0) is 18.0. The van der Waals surface area contributed by atoms with Crippen LogP contribution in [-0.2, 0) is 11.2 Å². The molecule has 0 radical (unpaired) electrons. The molecule has 3 rings (SSSR count). The molecule has 0 aliphatic heterocycles. The van der Waals surface area contributed by atoms with Crippen LogP contribution in [0.15, 0.2) is 30.6 Å². The molecule has 7 heteroatoms. The number of carbonyl (C=O) groups excluding carboxylic acids is 1. The average molecular weight is 358 g/mol. The van der Waals surface area contributed by atoms with Crippen molar-refractivity contribution in [2.75, 3.05) is 0 Å². The number of aryl methyl sites for hydroxylation is 2. The van der Waals surface area contributed by atoms with Crippen LogP contribution < -0.4 is 5.32 Å². The molecular weight excluding hydrogens is 338 g/mol. The summed E-state index contributed by atoms with van der Waals surface area (Å²) >= 11 is 6.01. The Hall–Kier alpha value is -2.47. The highest BCUT2D eigenvalue weighted by molar-refractivity contribution is 6.30. The largest absolute Gasteiger partial charge is 0.350 e. The summed E-state index contributed by atoms with van der Waals surface area (Å²) in [7, 11) is 0. The van der Waals surface area contributed by atoms with Crippen molar-refractivity contribution in [3.63, 3.8) is 0 Å². The molecule has 1 amide bonds. The first-order valence-corrected chi connectivity index (χ1v) is 8.54. The van der Waals surface area contributed by atoms with E-state index in [1.54, 1.807) is 4.52 Å². The summed E-state index contributed by atoms with van der Waals surface area (Å²) in [5.74, 6) is 0.572. The maximum Gasteiger partial charge on any atom is 0.252 e. The first-order chi connectivity index (χ1) is 12.0. The normalized spacial score (nSPS) is 12.3. The van der Waals surface area contributed by atoms with Crippen LogP contribution >= 0.6 is 11.6 Å². The number of aromatic nitrogens is 4. The fourth-order valence-electron chi connectivity index (χ4n) is 2.93. The van der Waals surface area contributed by atoms with E-state index in [0.717, 1.165) is 22.5 Å². The molecule has 2 heterocycles. The Morgan fingerprint density at radius 2 is 2.16 bits per heavy atom. The SMILES string of the molecule is Cc1nc2ncnn2c(C)c1CCC(=O)N[C@@H](C)c1cccc(Cl)c1. The molecule has 0 aliphatic rings. The number of rotatable bonds is 5. The minimum atomic E-state index is -0.0932. The molecule has 0 saturated carbocycles. The van der Waals surface area contributed by atoms with Crippen LogP contribution in [0.25, 0.3) is 5.78 Å². The van der Waals surface area contributed by atoms with Gasteiger partial charge < -0.3 is 5.32 Å². The van der Waals surface area contributed by atoms with Crippen molar-refractivity contribution in [2.45, 2.75) is 39.7 Å². The lowest BCUT2D eigenvalue weighted by molar-refractivity contribution is -0.121. The van der Waals surface area contributed by atoms with Gasteiger partial charge in [0.15, 0.2) is 0 Å². The third-order valence-corrected chi connectivity index (χ3v) is 4.55. The van der Waals surface area contributed by atoms with Crippen LogP contribution in [0.2, 0.25) is 5.02 Å². The molecule has 130 valence electrons. The predicted octanol–water partition coefficient (Wildman–Crippen LogP) is 3.20. The second-order valence-electron chi connectivity index (χ2n) is 6.08. The quantitative estimate of drug-likeness (QED) is 0.761. The Morgan fingerprint density at radius 3 is 2.92 bits per heavy atom. The van der Waals surface area contributed by atoms with Crippen molar-refractivity contribution in [3.05, 3.63) is 58.1 Å². The Balaban J connectivity index is 1.66. The molecule has 0 aliphatic carbocycles. The van der Waals surface area contributed by atoms with Gasteiger partial charge in [0, 0.05) is 22.8 Å². The van der Waals surface area contributed by atoms with E-state index in [0.29, 0.717) is 23.6 Å². The minimum Gasteiger partial charge on any atom is -0.350 e. The zero-order valence-electron chi connectivity index (χ0n) is 14.5. The maximum absolute atomic E-state index is 12.3. The summed E-state index contributed by atoms with van der Waals surface area (Å²) in [6, 6.07) is 7.42. The van der Waals surface area contributed by atoms with Crippen molar-refractivity contribution in [1.82, 2.24) is 24.9 Å². The molecule has 0 fully saturated rings. The molecule has 1 atom stereocenters. The number of halogens is 1. The van der Waals surface area contributed by atoms with E-state index in [1.165, 1.54) is 6.33 Å². The predicted molar refractivity (Wildman–Crippen MR) is 96.6 cm³/mol. The van der Waals surface area contributed by atoms with Crippen molar-refractivity contribution >= 4 is 23.3 Å². The summed E-state index contributed by atoms with van der Waals surface area (Å²) in [5, 5.41) is 7.85. The van der Waals surface area contributed by atoms with E-state index in [1.807, 2.05) is 45.0 Å². The van der Waals surface area contributed by atoms with Gasteiger partial charge >= 0.3 is 0 Å². The standard InChI is InChI=1S/C18H20ClN5O/c1-11(14-5-4-6-15(19)9-14)22-17(25)8-7-16-12(2)23-18-20-10-21-24(18)13(16)3/h4-6,9-11H,7-8H2,1-3H3,(H,22,25)/t11-/m0/s1. The van der Waals surface area contributed by atoms with Gasteiger partial charge in [0.05, 0.1) is 6.04 Å². The number of benzene rings is 1. The Morgan fingerprint density at radius 1 is 1.36 bits per heavy atom.